The third-order valence-electron chi connectivity index (χ3n) is 2.12. The standard InChI is InChI=1S/C10H10F4.C4H6.C2H6/c1-6(2)8-4-3-7(5-9(8)11)10(12,13)14;1-3-4-2;1-2/h3-6H,1-2H3;3-4H,1-2H2;1-2H3. The van der Waals surface area contributed by atoms with Gasteiger partial charge in [-0.05, 0) is 23.6 Å². The topological polar surface area (TPSA) is 0 Å². The Balaban J connectivity index is 0. The largest absolute Gasteiger partial charge is 0.416 e. The normalized spacial score (nSPS) is 9.85. The lowest BCUT2D eigenvalue weighted by atomic mass is 10.0. The van der Waals surface area contributed by atoms with Crippen LogP contribution in [0.2, 0.25) is 0 Å². The monoisotopic (exact) mass is 290 g/mol. The van der Waals surface area contributed by atoms with E-state index in [-0.39, 0.29) is 5.92 Å². The Labute approximate surface area is 118 Å². The molecule has 0 fully saturated rings. The van der Waals surface area contributed by atoms with E-state index in [0.29, 0.717) is 11.6 Å². The molecule has 0 atom stereocenters. The number of alkyl halides is 3. The molecule has 0 aliphatic carbocycles. The van der Waals surface area contributed by atoms with E-state index in [1.807, 2.05) is 13.8 Å². The van der Waals surface area contributed by atoms with Crippen LogP contribution in [0.25, 0.3) is 0 Å². The SMILES string of the molecule is C=CC=C.CC.CC(C)c1ccc(C(F)(F)F)cc1F. The number of rotatable bonds is 2. The van der Waals surface area contributed by atoms with Gasteiger partial charge in [-0.25, -0.2) is 4.39 Å². The average Bonchev–Trinajstić information content (AvgIpc) is 2.39. The van der Waals surface area contributed by atoms with Gasteiger partial charge in [0.1, 0.15) is 5.82 Å². The molecule has 0 saturated heterocycles. The van der Waals surface area contributed by atoms with E-state index < -0.39 is 17.6 Å². The van der Waals surface area contributed by atoms with Gasteiger partial charge in [0.2, 0.25) is 0 Å². The Morgan fingerprint density at radius 3 is 1.75 bits per heavy atom. The highest BCUT2D eigenvalue weighted by atomic mass is 19.4. The maximum Gasteiger partial charge on any atom is 0.416 e. The van der Waals surface area contributed by atoms with E-state index in [0.717, 1.165) is 6.07 Å². The second kappa shape index (κ2) is 10.2. The van der Waals surface area contributed by atoms with Gasteiger partial charge in [0.15, 0.2) is 0 Å². The van der Waals surface area contributed by atoms with Crippen LogP contribution in [0.4, 0.5) is 17.6 Å². The lowest BCUT2D eigenvalue weighted by Gasteiger charge is -2.10. The molecule has 0 N–H and O–H groups in total. The number of hydrogen-bond acceptors (Lipinski definition) is 0. The Morgan fingerprint density at radius 2 is 1.50 bits per heavy atom. The molecule has 0 saturated carbocycles. The minimum atomic E-state index is -4.48. The summed E-state index contributed by atoms with van der Waals surface area (Å²) in [5.74, 6) is -0.910. The van der Waals surface area contributed by atoms with Gasteiger partial charge in [0.05, 0.1) is 5.56 Å². The summed E-state index contributed by atoms with van der Waals surface area (Å²) in [6, 6.07) is 2.62. The van der Waals surface area contributed by atoms with Crippen molar-refractivity contribution in [1.82, 2.24) is 0 Å². The smallest absolute Gasteiger partial charge is 0.207 e. The van der Waals surface area contributed by atoms with Crippen molar-refractivity contribution in [2.45, 2.75) is 39.8 Å². The number of hydrogen-bond donors (Lipinski definition) is 0. The van der Waals surface area contributed by atoms with E-state index in [1.165, 1.54) is 6.07 Å². The zero-order valence-electron chi connectivity index (χ0n) is 12.4. The van der Waals surface area contributed by atoms with Crippen molar-refractivity contribution in [3.8, 4) is 0 Å². The van der Waals surface area contributed by atoms with E-state index in [1.54, 1.807) is 26.0 Å². The molecule has 1 aromatic carbocycles. The highest BCUT2D eigenvalue weighted by molar-refractivity contribution is 5.28. The van der Waals surface area contributed by atoms with Crippen molar-refractivity contribution in [1.29, 1.82) is 0 Å². The third-order valence-corrected chi connectivity index (χ3v) is 2.12. The molecular weight excluding hydrogens is 268 g/mol. The first-order valence-corrected chi connectivity index (χ1v) is 6.34. The molecule has 0 amide bonds. The van der Waals surface area contributed by atoms with Crippen LogP contribution in [0.5, 0.6) is 0 Å². The summed E-state index contributed by atoms with van der Waals surface area (Å²) < 4.78 is 49.5. The Kier molecular flexibility index (Phi) is 10.6. The quantitative estimate of drug-likeness (QED) is 0.439. The fourth-order valence-corrected chi connectivity index (χ4v) is 1.17. The van der Waals surface area contributed by atoms with Crippen molar-refractivity contribution >= 4 is 0 Å². The predicted octanol–water partition coefficient (Wildman–Crippen LogP) is 6.35. The zero-order chi connectivity index (χ0) is 16.3. The van der Waals surface area contributed by atoms with Gasteiger partial charge in [-0.1, -0.05) is 59.1 Å². The number of halogens is 4. The van der Waals surface area contributed by atoms with Crippen molar-refractivity contribution < 1.29 is 17.6 Å². The first-order chi connectivity index (χ1) is 9.23. The van der Waals surface area contributed by atoms with Crippen LogP contribution in [-0.4, -0.2) is 0 Å². The van der Waals surface area contributed by atoms with E-state index in [4.69, 9.17) is 0 Å². The fraction of sp³-hybridized carbons (Fsp3) is 0.375. The highest BCUT2D eigenvalue weighted by Crippen LogP contribution is 2.31. The second-order valence-electron chi connectivity index (χ2n) is 3.86. The number of allylic oxidation sites excluding steroid dienone is 2. The maximum atomic E-state index is 13.1. The van der Waals surface area contributed by atoms with Gasteiger partial charge >= 0.3 is 6.18 Å². The molecule has 0 radical (unpaired) electrons. The maximum absolute atomic E-state index is 13.1. The van der Waals surface area contributed by atoms with Gasteiger partial charge in [0, 0.05) is 0 Å². The van der Waals surface area contributed by atoms with Gasteiger partial charge in [0.25, 0.3) is 0 Å². The molecular formula is C16H22F4. The third kappa shape index (κ3) is 7.77. The van der Waals surface area contributed by atoms with Gasteiger partial charge in [-0.2, -0.15) is 13.2 Å². The molecule has 0 aromatic heterocycles. The molecule has 1 aromatic rings. The summed E-state index contributed by atoms with van der Waals surface area (Å²) in [6.07, 6.45) is -1.20. The molecule has 0 heterocycles. The van der Waals surface area contributed by atoms with Crippen molar-refractivity contribution in [3.05, 3.63) is 60.5 Å². The fourth-order valence-electron chi connectivity index (χ4n) is 1.17. The van der Waals surface area contributed by atoms with Crippen molar-refractivity contribution in [3.63, 3.8) is 0 Å². The van der Waals surface area contributed by atoms with Crippen LogP contribution in [0.15, 0.2) is 43.5 Å². The molecule has 0 unspecified atom stereocenters. The predicted molar refractivity (Wildman–Crippen MR) is 77.2 cm³/mol. The van der Waals surface area contributed by atoms with E-state index in [9.17, 15) is 17.6 Å². The molecule has 0 nitrogen and oxygen atoms in total. The minimum absolute atomic E-state index is 0.114. The van der Waals surface area contributed by atoms with Crippen LogP contribution >= 0.6 is 0 Å². The van der Waals surface area contributed by atoms with Crippen molar-refractivity contribution in [2.24, 2.45) is 0 Å². The Bertz CT molecular complexity index is 397. The molecule has 0 spiro atoms. The molecule has 1 rings (SSSR count). The summed E-state index contributed by atoms with van der Waals surface area (Å²) >= 11 is 0. The highest BCUT2D eigenvalue weighted by Gasteiger charge is 2.31. The van der Waals surface area contributed by atoms with Crippen LogP contribution in [0, 0.1) is 5.82 Å². The summed E-state index contributed by atoms with van der Waals surface area (Å²) in [4.78, 5) is 0. The molecule has 0 bridgehead atoms. The molecule has 0 aliphatic heterocycles. The van der Waals surface area contributed by atoms with Gasteiger partial charge in [-0.15, -0.1) is 0 Å². The lowest BCUT2D eigenvalue weighted by molar-refractivity contribution is -0.137. The molecule has 20 heavy (non-hydrogen) atoms. The van der Waals surface area contributed by atoms with Gasteiger partial charge < -0.3 is 0 Å². The summed E-state index contributed by atoms with van der Waals surface area (Å²) in [5, 5.41) is 0. The zero-order valence-corrected chi connectivity index (χ0v) is 12.4. The summed E-state index contributed by atoms with van der Waals surface area (Å²) in [6.45, 7) is 14.2. The molecule has 4 heteroatoms. The first kappa shape index (κ1) is 20.7. The second-order valence-corrected chi connectivity index (χ2v) is 3.86. The van der Waals surface area contributed by atoms with E-state index >= 15 is 0 Å². The summed E-state index contributed by atoms with van der Waals surface area (Å²) in [7, 11) is 0. The Hall–Kier alpha value is -1.58. The minimum Gasteiger partial charge on any atom is -0.207 e. The average molecular weight is 290 g/mol. The van der Waals surface area contributed by atoms with Gasteiger partial charge in [-0.3, -0.25) is 0 Å². The molecule has 114 valence electrons. The van der Waals surface area contributed by atoms with Crippen LogP contribution in [-0.2, 0) is 6.18 Å². The van der Waals surface area contributed by atoms with Crippen LogP contribution in [0.3, 0.4) is 0 Å². The molecule has 0 aliphatic rings. The lowest BCUT2D eigenvalue weighted by Crippen LogP contribution is -2.06. The Morgan fingerprint density at radius 1 is 1.05 bits per heavy atom. The first-order valence-electron chi connectivity index (χ1n) is 6.34. The van der Waals surface area contributed by atoms with Crippen LogP contribution < -0.4 is 0 Å². The summed E-state index contributed by atoms with van der Waals surface area (Å²) in [5.41, 5.74) is -0.641. The number of benzene rings is 1. The van der Waals surface area contributed by atoms with Crippen LogP contribution in [0.1, 0.15) is 44.7 Å². The van der Waals surface area contributed by atoms with E-state index in [2.05, 4.69) is 13.2 Å². The van der Waals surface area contributed by atoms with Crippen molar-refractivity contribution in [2.75, 3.05) is 0 Å².